The summed E-state index contributed by atoms with van der Waals surface area (Å²) >= 11 is 0. The first kappa shape index (κ1) is 18.7. The zero-order valence-electron chi connectivity index (χ0n) is 16.1. The third-order valence-corrected chi connectivity index (χ3v) is 5.01. The highest BCUT2D eigenvalue weighted by atomic mass is 16.5. The van der Waals surface area contributed by atoms with Crippen LogP contribution in [0.1, 0.15) is 11.1 Å². The molecular weight excluding hydrogens is 366 g/mol. The minimum atomic E-state index is -0.541. The summed E-state index contributed by atoms with van der Waals surface area (Å²) in [5.41, 5.74) is 2.91. The van der Waals surface area contributed by atoms with E-state index in [1.54, 1.807) is 18.1 Å². The number of methoxy groups -OCH3 is 1. The number of rotatable bonds is 5. The van der Waals surface area contributed by atoms with Gasteiger partial charge in [0.15, 0.2) is 6.61 Å². The maximum Gasteiger partial charge on any atom is 0.331 e. The summed E-state index contributed by atoms with van der Waals surface area (Å²) < 4.78 is 10.4. The van der Waals surface area contributed by atoms with Crippen LogP contribution in [0.25, 0.3) is 16.8 Å². The first-order valence-electron chi connectivity index (χ1n) is 9.45. The van der Waals surface area contributed by atoms with Gasteiger partial charge in [0.2, 0.25) is 0 Å². The maximum atomic E-state index is 12.4. The molecule has 1 aliphatic heterocycles. The van der Waals surface area contributed by atoms with E-state index < -0.39 is 5.97 Å². The van der Waals surface area contributed by atoms with E-state index in [-0.39, 0.29) is 12.5 Å². The summed E-state index contributed by atoms with van der Waals surface area (Å²) in [6, 6.07) is 19.5. The van der Waals surface area contributed by atoms with E-state index >= 15 is 0 Å². The zero-order chi connectivity index (χ0) is 20.2. The molecule has 1 aliphatic rings. The molecule has 29 heavy (non-hydrogen) atoms. The molecule has 1 amide bonds. The van der Waals surface area contributed by atoms with Crippen LogP contribution in [0.15, 0.2) is 66.7 Å². The van der Waals surface area contributed by atoms with Crippen molar-refractivity contribution in [3.05, 3.63) is 77.9 Å². The number of hydrogen-bond donors (Lipinski definition) is 0. The largest absolute Gasteiger partial charge is 0.497 e. The van der Waals surface area contributed by atoms with Crippen LogP contribution >= 0.6 is 0 Å². The molecule has 0 fully saturated rings. The average molecular weight is 387 g/mol. The molecule has 0 saturated heterocycles. The number of nitrogens with zero attached hydrogens (tertiary/aromatic N) is 1. The number of carbonyl (C=O) groups is 2. The number of ether oxygens (including phenoxy) is 2. The van der Waals surface area contributed by atoms with Crippen LogP contribution in [0.2, 0.25) is 0 Å². The van der Waals surface area contributed by atoms with E-state index in [1.807, 2.05) is 60.7 Å². The van der Waals surface area contributed by atoms with Gasteiger partial charge in [-0.15, -0.1) is 0 Å². The van der Waals surface area contributed by atoms with E-state index in [1.165, 1.54) is 6.08 Å². The van der Waals surface area contributed by atoms with Crippen molar-refractivity contribution >= 4 is 34.4 Å². The van der Waals surface area contributed by atoms with E-state index in [0.717, 1.165) is 39.8 Å². The van der Waals surface area contributed by atoms with Crippen molar-refractivity contribution in [2.45, 2.75) is 6.42 Å². The molecule has 146 valence electrons. The normalized spacial score (nSPS) is 12.9. The molecular formula is C24H21NO4. The van der Waals surface area contributed by atoms with Gasteiger partial charge in [-0.25, -0.2) is 4.79 Å². The van der Waals surface area contributed by atoms with Gasteiger partial charge in [-0.2, -0.15) is 0 Å². The van der Waals surface area contributed by atoms with Crippen molar-refractivity contribution in [2.24, 2.45) is 0 Å². The summed E-state index contributed by atoms with van der Waals surface area (Å²) in [4.78, 5) is 26.1. The molecule has 4 rings (SSSR count). The Labute approximate surface area is 169 Å². The molecule has 0 atom stereocenters. The Balaban J connectivity index is 1.35. The van der Waals surface area contributed by atoms with Crippen molar-refractivity contribution in [3.63, 3.8) is 0 Å². The summed E-state index contributed by atoms with van der Waals surface area (Å²) in [7, 11) is 1.64. The summed E-state index contributed by atoms with van der Waals surface area (Å²) in [6.45, 7) is 0.350. The molecule has 1 heterocycles. The molecule has 0 spiro atoms. The van der Waals surface area contributed by atoms with Crippen molar-refractivity contribution in [1.29, 1.82) is 0 Å². The fraction of sp³-hybridized carbons (Fsp3) is 0.167. The predicted octanol–water partition coefficient (Wildman–Crippen LogP) is 3.99. The highest BCUT2D eigenvalue weighted by molar-refractivity contribution is 5.98. The number of carbonyl (C=O) groups excluding carboxylic acids is 2. The van der Waals surface area contributed by atoms with Gasteiger partial charge < -0.3 is 14.4 Å². The Bertz CT molecular complexity index is 1100. The Kier molecular flexibility index (Phi) is 5.29. The van der Waals surface area contributed by atoms with Crippen LogP contribution in [0.3, 0.4) is 0 Å². The molecule has 0 unspecified atom stereocenters. The zero-order valence-corrected chi connectivity index (χ0v) is 16.1. The van der Waals surface area contributed by atoms with Crippen LogP contribution < -0.4 is 9.64 Å². The molecule has 5 nitrogen and oxygen atoms in total. The highest BCUT2D eigenvalue weighted by Gasteiger charge is 2.24. The Morgan fingerprint density at radius 3 is 2.69 bits per heavy atom. The number of para-hydroxylation sites is 1. The van der Waals surface area contributed by atoms with E-state index in [4.69, 9.17) is 9.47 Å². The number of fused-ring (bicyclic) bond motifs is 2. The van der Waals surface area contributed by atoms with E-state index in [0.29, 0.717) is 6.54 Å². The molecule has 3 aromatic carbocycles. The van der Waals surface area contributed by atoms with Crippen LogP contribution in [0.5, 0.6) is 5.75 Å². The molecule has 3 aromatic rings. The third-order valence-electron chi connectivity index (χ3n) is 5.01. The van der Waals surface area contributed by atoms with Gasteiger partial charge >= 0.3 is 5.97 Å². The highest BCUT2D eigenvalue weighted by Crippen LogP contribution is 2.27. The Hall–Kier alpha value is -3.60. The molecule has 0 bridgehead atoms. The molecule has 5 heteroatoms. The molecule has 0 aromatic heterocycles. The summed E-state index contributed by atoms with van der Waals surface area (Å²) in [5.74, 6) is 0.0478. The second-order valence-corrected chi connectivity index (χ2v) is 6.84. The van der Waals surface area contributed by atoms with Crippen LogP contribution in [-0.4, -0.2) is 32.1 Å². The Morgan fingerprint density at radius 1 is 1.03 bits per heavy atom. The average Bonchev–Trinajstić information content (AvgIpc) is 3.19. The SMILES string of the molecule is COc1ccc2cc(/C=C/C(=O)OCC(=O)N3CCc4ccccc43)ccc2c1. The van der Waals surface area contributed by atoms with Gasteiger partial charge in [0.05, 0.1) is 7.11 Å². The topological polar surface area (TPSA) is 55.8 Å². The van der Waals surface area contributed by atoms with Crippen LogP contribution in [-0.2, 0) is 20.7 Å². The molecule has 0 N–H and O–H groups in total. The fourth-order valence-electron chi connectivity index (χ4n) is 3.49. The Morgan fingerprint density at radius 2 is 1.83 bits per heavy atom. The number of hydrogen-bond acceptors (Lipinski definition) is 4. The maximum absolute atomic E-state index is 12.4. The summed E-state index contributed by atoms with van der Waals surface area (Å²) in [5, 5.41) is 2.10. The van der Waals surface area contributed by atoms with Crippen molar-refractivity contribution in [1.82, 2.24) is 0 Å². The number of benzene rings is 3. The van der Waals surface area contributed by atoms with E-state index in [9.17, 15) is 9.59 Å². The minimum Gasteiger partial charge on any atom is -0.497 e. The second-order valence-electron chi connectivity index (χ2n) is 6.84. The van der Waals surface area contributed by atoms with E-state index in [2.05, 4.69) is 0 Å². The van der Waals surface area contributed by atoms with Gasteiger partial charge in [0.25, 0.3) is 5.91 Å². The predicted molar refractivity (Wildman–Crippen MR) is 113 cm³/mol. The minimum absolute atomic E-state index is 0.212. The monoisotopic (exact) mass is 387 g/mol. The summed E-state index contributed by atoms with van der Waals surface area (Å²) in [6.07, 6.45) is 3.85. The molecule has 0 radical (unpaired) electrons. The standard InChI is InChI=1S/C24H21NO4/c1-28-21-10-9-19-14-17(6-8-20(19)15-21)7-11-24(27)29-16-23(26)25-13-12-18-4-2-3-5-22(18)25/h2-11,14-15H,12-13,16H2,1H3/b11-7+. The number of amides is 1. The first-order valence-corrected chi connectivity index (χ1v) is 9.45. The molecule has 0 aliphatic carbocycles. The lowest BCUT2D eigenvalue weighted by Gasteiger charge is -2.16. The lowest BCUT2D eigenvalue weighted by Crippen LogP contribution is -2.33. The second kappa shape index (κ2) is 8.19. The lowest BCUT2D eigenvalue weighted by molar-refractivity contribution is -0.142. The third kappa shape index (κ3) is 4.14. The van der Waals surface area contributed by atoms with Gasteiger partial charge in [0.1, 0.15) is 5.75 Å². The molecule has 0 saturated carbocycles. The fourth-order valence-corrected chi connectivity index (χ4v) is 3.49. The number of anilines is 1. The van der Waals surface area contributed by atoms with Gasteiger partial charge in [-0.1, -0.05) is 36.4 Å². The van der Waals surface area contributed by atoms with Crippen molar-refractivity contribution in [3.8, 4) is 5.75 Å². The van der Waals surface area contributed by atoms with Crippen molar-refractivity contribution in [2.75, 3.05) is 25.2 Å². The van der Waals surface area contributed by atoms with Gasteiger partial charge in [0, 0.05) is 18.3 Å². The first-order chi connectivity index (χ1) is 14.1. The number of esters is 1. The van der Waals surface area contributed by atoms with Gasteiger partial charge in [-0.3, -0.25) is 4.79 Å². The van der Waals surface area contributed by atoms with Crippen LogP contribution in [0, 0.1) is 0 Å². The lowest BCUT2D eigenvalue weighted by atomic mass is 10.1. The quantitative estimate of drug-likeness (QED) is 0.491. The smallest absolute Gasteiger partial charge is 0.331 e. The van der Waals surface area contributed by atoms with Crippen LogP contribution in [0.4, 0.5) is 5.69 Å². The van der Waals surface area contributed by atoms with Gasteiger partial charge in [-0.05, 0) is 58.7 Å². The van der Waals surface area contributed by atoms with Crippen molar-refractivity contribution < 1.29 is 19.1 Å².